The summed E-state index contributed by atoms with van der Waals surface area (Å²) in [5.41, 5.74) is 2.14. The fourth-order valence-electron chi connectivity index (χ4n) is 5.16. The molecule has 0 saturated heterocycles. The number of hydrogen-bond acceptors (Lipinski definition) is 4. The second-order valence-corrected chi connectivity index (χ2v) is 17.0. The van der Waals surface area contributed by atoms with Crippen LogP contribution in [0.3, 0.4) is 0 Å². The summed E-state index contributed by atoms with van der Waals surface area (Å²) in [4.78, 5) is 27.3. The summed E-state index contributed by atoms with van der Waals surface area (Å²) in [7, 11) is 0. The molecule has 0 N–H and O–H groups in total. The first-order valence-corrected chi connectivity index (χ1v) is 18.1. The Hall–Kier alpha value is -4.34. The van der Waals surface area contributed by atoms with Gasteiger partial charge < -0.3 is 0 Å². The van der Waals surface area contributed by atoms with Gasteiger partial charge in [-0.2, -0.15) is 0 Å². The van der Waals surface area contributed by atoms with Gasteiger partial charge >= 0.3 is 247 Å². The number of ketones is 2. The van der Waals surface area contributed by atoms with E-state index in [4.69, 9.17) is 5.63 Å². The van der Waals surface area contributed by atoms with E-state index in [0.29, 0.717) is 46.6 Å². The van der Waals surface area contributed by atoms with E-state index >= 15 is 0 Å². The fourth-order valence-corrected chi connectivity index (χ4v) is 13.4. The van der Waals surface area contributed by atoms with Gasteiger partial charge in [0, 0.05) is 0 Å². The molecule has 2 aliphatic carbocycles. The molecular formula is C36H28O4Zr. The van der Waals surface area contributed by atoms with Crippen molar-refractivity contribution in [3.8, 4) is 11.5 Å². The van der Waals surface area contributed by atoms with E-state index in [9.17, 15) is 9.59 Å². The van der Waals surface area contributed by atoms with E-state index in [1.807, 2.05) is 109 Å². The van der Waals surface area contributed by atoms with E-state index in [2.05, 4.69) is 24.3 Å². The molecule has 200 valence electrons. The van der Waals surface area contributed by atoms with Crippen molar-refractivity contribution < 1.29 is 36.4 Å². The Morgan fingerprint density at radius 3 is 1.29 bits per heavy atom. The molecule has 0 bridgehead atoms. The summed E-state index contributed by atoms with van der Waals surface area (Å²) >= 11 is -4.54. The van der Waals surface area contributed by atoms with Gasteiger partial charge in [-0.3, -0.25) is 0 Å². The van der Waals surface area contributed by atoms with Gasteiger partial charge in [-0.05, 0) is 0 Å². The summed E-state index contributed by atoms with van der Waals surface area (Å²) in [5, 5.41) is 0. The second-order valence-electron chi connectivity index (χ2n) is 9.85. The third kappa shape index (κ3) is 5.51. The van der Waals surface area contributed by atoms with E-state index in [-0.39, 0.29) is 11.6 Å². The first kappa shape index (κ1) is 26.9. The Balaban J connectivity index is 1.47. The molecule has 41 heavy (non-hydrogen) atoms. The van der Waals surface area contributed by atoms with Crippen LogP contribution < -0.4 is 5.63 Å². The molecule has 0 heterocycles. The topological polar surface area (TPSA) is 52.6 Å². The summed E-state index contributed by atoms with van der Waals surface area (Å²) in [6.45, 7) is 0. The minimum absolute atomic E-state index is 0.113. The van der Waals surface area contributed by atoms with Crippen molar-refractivity contribution in [3.63, 3.8) is 0 Å². The molecule has 2 aliphatic rings. The molecule has 0 atom stereocenters. The zero-order valence-corrected chi connectivity index (χ0v) is 24.9. The average molecular weight is 616 g/mol. The first-order chi connectivity index (χ1) is 20.2. The Kier molecular flexibility index (Phi) is 7.89. The summed E-state index contributed by atoms with van der Waals surface area (Å²) in [6.07, 6.45) is 13.8. The van der Waals surface area contributed by atoms with Crippen LogP contribution in [0.25, 0.3) is 0 Å². The molecule has 5 heteroatoms. The monoisotopic (exact) mass is 614 g/mol. The SMILES string of the molecule is O=C(c1ccccc1)c1ccccc1[O][Zr]([O]c1ccccc1C(=O)c1ccccc1)([C]1=CC=CC1)[C]1=CC=CC1. The Bertz CT molecular complexity index is 1590. The van der Waals surface area contributed by atoms with Crippen LogP contribution in [0.5, 0.6) is 11.5 Å². The zero-order chi connectivity index (χ0) is 28.1. The third-order valence-electron chi connectivity index (χ3n) is 7.23. The number of hydrogen-bond donors (Lipinski definition) is 0. The Morgan fingerprint density at radius 1 is 0.512 bits per heavy atom. The van der Waals surface area contributed by atoms with Crippen molar-refractivity contribution in [2.75, 3.05) is 0 Å². The van der Waals surface area contributed by atoms with Crippen molar-refractivity contribution >= 4 is 11.6 Å². The van der Waals surface area contributed by atoms with Gasteiger partial charge in [-0.25, -0.2) is 0 Å². The molecule has 4 nitrogen and oxygen atoms in total. The molecule has 0 aromatic heterocycles. The second kappa shape index (κ2) is 12.0. The number of carbonyl (C=O) groups is 2. The van der Waals surface area contributed by atoms with Gasteiger partial charge in [0.05, 0.1) is 0 Å². The Morgan fingerprint density at radius 2 is 0.902 bits per heavy atom. The maximum atomic E-state index is 13.7. The molecule has 0 unspecified atom stereocenters. The molecule has 0 spiro atoms. The summed E-state index contributed by atoms with van der Waals surface area (Å²) < 4.78 is 16.4. The van der Waals surface area contributed by atoms with E-state index in [0.717, 1.165) is 6.56 Å². The average Bonchev–Trinajstić information content (AvgIpc) is 3.78. The number of para-hydroxylation sites is 2. The normalized spacial score (nSPS) is 14.0. The molecular weight excluding hydrogens is 588 g/mol. The number of allylic oxidation sites excluding steroid dienone is 8. The van der Waals surface area contributed by atoms with Crippen molar-refractivity contribution in [3.05, 3.63) is 174 Å². The molecule has 4 aromatic rings. The van der Waals surface area contributed by atoms with Crippen molar-refractivity contribution in [1.82, 2.24) is 0 Å². The fraction of sp³-hybridized carbons (Fsp3) is 0.0556. The predicted molar refractivity (Wildman–Crippen MR) is 158 cm³/mol. The zero-order valence-electron chi connectivity index (χ0n) is 22.4. The number of benzene rings is 4. The summed E-state index contributed by atoms with van der Waals surface area (Å²) in [6, 6.07) is 33.2. The third-order valence-corrected chi connectivity index (χ3v) is 15.7. The van der Waals surface area contributed by atoms with Crippen LogP contribution in [0.4, 0.5) is 0 Å². The minimum atomic E-state index is -4.54. The molecule has 0 fully saturated rings. The van der Waals surface area contributed by atoms with Crippen LogP contribution in [-0.2, 0) is 21.1 Å². The van der Waals surface area contributed by atoms with Crippen LogP contribution in [0.2, 0.25) is 0 Å². The maximum absolute atomic E-state index is 13.7. The van der Waals surface area contributed by atoms with Crippen LogP contribution in [0, 0.1) is 0 Å². The Labute approximate surface area is 245 Å². The quantitative estimate of drug-likeness (QED) is 0.169. The number of carbonyl (C=O) groups excluding carboxylic acids is 2. The van der Waals surface area contributed by atoms with Crippen LogP contribution >= 0.6 is 0 Å². The molecule has 6 rings (SSSR count). The van der Waals surface area contributed by atoms with Gasteiger partial charge in [0.15, 0.2) is 0 Å². The predicted octanol–water partition coefficient (Wildman–Crippen LogP) is 8.28. The summed E-state index contributed by atoms with van der Waals surface area (Å²) in [5.74, 6) is 0.755. The molecule has 0 saturated carbocycles. The van der Waals surface area contributed by atoms with Gasteiger partial charge in [0.25, 0.3) is 0 Å². The van der Waals surface area contributed by atoms with Crippen molar-refractivity contribution in [2.24, 2.45) is 0 Å². The van der Waals surface area contributed by atoms with Gasteiger partial charge in [0.1, 0.15) is 0 Å². The van der Waals surface area contributed by atoms with Gasteiger partial charge in [0.2, 0.25) is 0 Å². The van der Waals surface area contributed by atoms with Gasteiger partial charge in [-0.15, -0.1) is 0 Å². The van der Waals surface area contributed by atoms with Crippen molar-refractivity contribution in [2.45, 2.75) is 12.8 Å². The standard InChI is InChI=1S/2C13H10O2.2C5H5.Zr/c2*14-12-9-5-4-8-11(12)13(15)10-6-2-1-3-7-10;2*1-2-4-5-3-1;/h2*1-9,14H;2*1-3H,4H2;/q;;;;+2/p-2. The number of rotatable bonds is 10. The van der Waals surface area contributed by atoms with Crippen molar-refractivity contribution in [1.29, 1.82) is 0 Å². The molecule has 0 radical (unpaired) electrons. The van der Waals surface area contributed by atoms with Crippen LogP contribution in [0.15, 0.2) is 152 Å². The molecule has 0 amide bonds. The van der Waals surface area contributed by atoms with E-state index < -0.39 is 21.1 Å². The van der Waals surface area contributed by atoms with Crippen LogP contribution in [-0.4, -0.2) is 11.6 Å². The molecule has 0 aliphatic heterocycles. The molecule has 4 aromatic carbocycles. The first-order valence-electron chi connectivity index (χ1n) is 13.6. The van der Waals surface area contributed by atoms with E-state index in [1.54, 1.807) is 12.1 Å². The van der Waals surface area contributed by atoms with E-state index in [1.165, 1.54) is 0 Å². The van der Waals surface area contributed by atoms with Gasteiger partial charge in [-0.1, -0.05) is 0 Å². The van der Waals surface area contributed by atoms with Crippen LogP contribution in [0.1, 0.15) is 44.7 Å².